The molecule has 1 aromatic heterocycles. The number of ether oxygens (including phenoxy) is 1. The second-order valence-electron chi connectivity index (χ2n) is 6.00. The zero-order valence-electron chi connectivity index (χ0n) is 15.1. The van der Waals surface area contributed by atoms with Gasteiger partial charge in [0, 0.05) is 12.2 Å². The Hall–Kier alpha value is -2.91. The van der Waals surface area contributed by atoms with Crippen LogP contribution in [0.3, 0.4) is 0 Å². The summed E-state index contributed by atoms with van der Waals surface area (Å²) >= 11 is 1.19. The molecular weight excluding hydrogens is 386 g/mol. The highest BCUT2D eigenvalue weighted by Crippen LogP contribution is 2.15. The van der Waals surface area contributed by atoms with Gasteiger partial charge < -0.3 is 10.1 Å². The first-order valence-corrected chi connectivity index (χ1v) is 9.27. The normalized spacial score (nSPS) is 10.9. The highest BCUT2D eigenvalue weighted by Gasteiger charge is 2.14. The molecule has 3 rings (SSSR count). The van der Waals surface area contributed by atoms with E-state index in [9.17, 15) is 13.6 Å². The lowest BCUT2D eigenvalue weighted by Gasteiger charge is -2.15. The molecule has 6 nitrogen and oxygen atoms in total. The van der Waals surface area contributed by atoms with Crippen LogP contribution in [0.25, 0.3) is 0 Å². The Labute approximate surface area is 164 Å². The number of amides is 1. The number of halogens is 2. The molecule has 0 saturated heterocycles. The van der Waals surface area contributed by atoms with Crippen molar-refractivity contribution in [2.75, 3.05) is 25.5 Å². The Morgan fingerprint density at radius 1 is 1.07 bits per heavy atom. The van der Waals surface area contributed by atoms with E-state index < -0.39 is 5.91 Å². The predicted octanol–water partition coefficient (Wildman–Crippen LogP) is 3.58. The molecular formula is C19H18F2N4O2S. The zero-order chi connectivity index (χ0) is 19.9. The molecule has 0 unspecified atom stereocenters. The van der Waals surface area contributed by atoms with Gasteiger partial charge >= 0.3 is 0 Å². The van der Waals surface area contributed by atoms with Gasteiger partial charge in [-0.3, -0.25) is 9.69 Å². The first kappa shape index (κ1) is 19.8. The summed E-state index contributed by atoms with van der Waals surface area (Å²) in [7, 11) is 1.90. The smallest absolute Gasteiger partial charge is 0.286 e. The van der Waals surface area contributed by atoms with Crippen molar-refractivity contribution in [2.45, 2.75) is 6.54 Å². The Morgan fingerprint density at radius 2 is 1.71 bits per heavy atom. The Balaban J connectivity index is 1.45. The number of hydrogen-bond donors (Lipinski definition) is 1. The van der Waals surface area contributed by atoms with Gasteiger partial charge in [0.25, 0.3) is 5.91 Å². The van der Waals surface area contributed by atoms with Crippen molar-refractivity contribution in [1.29, 1.82) is 0 Å². The van der Waals surface area contributed by atoms with Crippen molar-refractivity contribution in [1.82, 2.24) is 15.1 Å². The fourth-order valence-corrected chi connectivity index (χ4v) is 3.10. The lowest BCUT2D eigenvalue weighted by Crippen LogP contribution is -2.23. The van der Waals surface area contributed by atoms with Crippen LogP contribution in [-0.4, -0.2) is 41.2 Å². The molecule has 1 amide bonds. The largest absolute Gasteiger partial charge is 0.492 e. The van der Waals surface area contributed by atoms with Crippen LogP contribution in [0, 0.1) is 11.6 Å². The summed E-state index contributed by atoms with van der Waals surface area (Å²) in [5, 5.41) is 11.5. The summed E-state index contributed by atoms with van der Waals surface area (Å²) in [6, 6.07) is 11.3. The third kappa shape index (κ3) is 5.80. The monoisotopic (exact) mass is 404 g/mol. The Kier molecular flexibility index (Phi) is 6.62. The minimum absolute atomic E-state index is 0.232. The van der Waals surface area contributed by atoms with E-state index in [0.717, 1.165) is 0 Å². The molecule has 2 aromatic carbocycles. The number of carbonyl (C=O) groups excluding carboxylic acids is 1. The fraction of sp³-hybridized carbons (Fsp3) is 0.211. The Morgan fingerprint density at radius 3 is 2.39 bits per heavy atom. The van der Waals surface area contributed by atoms with Gasteiger partial charge in [-0.25, -0.2) is 8.78 Å². The summed E-state index contributed by atoms with van der Waals surface area (Å²) in [5.41, 5.74) is 0.484. The third-order valence-corrected chi connectivity index (χ3v) is 4.63. The molecule has 0 fully saturated rings. The molecule has 0 spiro atoms. The van der Waals surface area contributed by atoms with Gasteiger partial charge in [0.1, 0.15) is 29.0 Å². The van der Waals surface area contributed by atoms with Crippen LogP contribution < -0.4 is 10.1 Å². The number of likely N-dealkylation sites (N-methyl/N-ethyl adjacent to an activating group) is 1. The number of nitrogens with one attached hydrogen (secondary N) is 1. The lowest BCUT2D eigenvalue weighted by molar-refractivity contribution is 0.102. The zero-order valence-corrected chi connectivity index (χ0v) is 15.9. The highest BCUT2D eigenvalue weighted by atomic mass is 32.1. The minimum Gasteiger partial charge on any atom is -0.492 e. The molecule has 28 heavy (non-hydrogen) atoms. The van der Waals surface area contributed by atoms with E-state index >= 15 is 0 Å². The summed E-state index contributed by atoms with van der Waals surface area (Å²) in [6.45, 7) is 1.56. The number of benzene rings is 2. The molecule has 0 saturated carbocycles. The van der Waals surface area contributed by atoms with E-state index in [1.165, 1.54) is 47.7 Å². The second kappa shape index (κ2) is 9.34. The summed E-state index contributed by atoms with van der Waals surface area (Å²) in [4.78, 5) is 14.2. The quantitative estimate of drug-likeness (QED) is 0.622. The minimum atomic E-state index is -0.391. The van der Waals surface area contributed by atoms with Crippen LogP contribution in [0.1, 0.15) is 14.8 Å². The molecule has 3 aromatic rings. The Bertz CT molecular complexity index is 916. The molecule has 0 aliphatic rings. The summed E-state index contributed by atoms with van der Waals surface area (Å²) < 4.78 is 31.3. The van der Waals surface area contributed by atoms with Gasteiger partial charge in [-0.2, -0.15) is 0 Å². The molecule has 0 bridgehead atoms. The summed E-state index contributed by atoms with van der Waals surface area (Å²) in [6.07, 6.45) is 0. The maximum Gasteiger partial charge on any atom is 0.286 e. The van der Waals surface area contributed by atoms with E-state index in [2.05, 4.69) is 15.5 Å². The number of anilines is 1. The average Bonchev–Trinajstić information content (AvgIpc) is 3.14. The molecule has 0 aliphatic heterocycles. The van der Waals surface area contributed by atoms with Crippen molar-refractivity contribution in [3.8, 4) is 5.75 Å². The second-order valence-corrected chi connectivity index (χ2v) is 7.06. The molecule has 0 atom stereocenters. The molecule has 1 heterocycles. The number of nitrogens with zero attached hydrogens (tertiary/aromatic N) is 3. The number of hydrogen-bond acceptors (Lipinski definition) is 6. The molecule has 9 heteroatoms. The molecule has 0 radical (unpaired) electrons. The highest BCUT2D eigenvalue weighted by molar-refractivity contribution is 7.13. The van der Waals surface area contributed by atoms with E-state index in [-0.39, 0.29) is 16.6 Å². The van der Waals surface area contributed by atoms with Gasteiger partial charge in [0.2, 0.25) is 5.01 Å². The standard InChI is InChI=1S/C19H18F2N4O2S/c1-25(10-11-27-16-8-4-14(21)5-9-16)12-17-23-24-19(28-17)18(26)22-15-6-2-13(20)3-7-15/h2-9H,10-12H2,1H3,(H,22,26). The van der Waals surface area contributed by atoms with Crippen molar-refractivity contribution >= 4 is 22.9 Å². The predicted molar refractivity (Wildman–Crippen MR) is 102 cm³/mol. The van der Waals surface area contributed by atoms with Gasteiger partial charge in [0.15, 0.2) is 0 Å². The first-order valence-electron chi connectivity index (χ1n) is 8.46. The maximum absolute atomic E-state index is 12.9. The SMILES string of the molecule is CN(CCOc1ccc(F)cc1)Cc1nnc(C(=O)Nc2ccc(F)cc2)s1. The van der Waals surface area contributed by atoms with Crippen LogP contribution >= 0.6 is 11.3 Å². The molecule has 0 aliphatic carbocycles. The van der Waals surface area contributed by atoms with E-state index in [1.807, 2.05) is 11.9 Å². The van der Waals surface area contributed by atoms with E-state index in [0.29, 0.717) is 36.1 Å². The van der Waals surface area contributed by atoms with Crippen LogP contribution in [0.4, 0.5) is 14.5 Å². The van der Waals surface area contributed by atoms with Crippen molar-refractivity contribution in [2.24, 2.45) is 0 Å². The van der Waals surface area contributed by atoms with Crippen LogP contribution in [0.5, 0.6) is 5.75 Å². The van der Waals surface area contributed by atoms with Gasteiger partial charge in [-0.1, -0.05) is 11.3 Å². The first-order chi connectivity index (χ1) is 13.5. The fourth-order valence-electron chi connectivity index (χ4n) is 2.29. The summed E-state index contributed by atoms with van der Waals surface area (Å²) in [5.74, 6) is -0.467. The van der Waals surface area contributed by atoms with Crippen LogP contribution in [-0.2, 0) is 6.54 Å². The van der Waals surface area contributed by atoms with Gasteiger partial charge in [-0.15, -0.1) is 10.2 Å². The van der Waals surface area contributed by atoms with E-state index in [1.54, 1.807) is 12.1 Å². The topological polar surface area (TPSA) is 67.3 Å². The van der Waals surface area contributed by atoms with Gasteiger partial charge in [0.05, 0.1) is 6.54 Å². The third-order valence-electron chi connectivity index (χ3n) is 3.72. The number of carbonyl (C=O) groups is 1. The van der Waals surface area contributed by atoms with Crippen LogP contribution in [0.15, 0.2) is 48.5 Å². The van der Waals surface area contributed by atoms with Crippen LogP contribution in [0.2, 0.25) is 0 Å². The average molecular weight is 404 g/mol. The van der Waals surface area contributed by atoms with Crippen molar-refractivity contribution in [3.05, 3.63) is 70.2 Å². The maximum atomic E-state index is 12.9. The van der Waals surface area contributed by atoms with Gasteiger partial charge in [-0.05, 0) is 55.6 Å². The molecule has 1 N–H and O–H groups in total. The number of aromatic nitrogens is 2. The van der Waals surface area contributed by atoms with E-state index in [4.69, 9.17) is 4.74 Å². The molecule has 146 valence electrons. The van der Waals surface area contributed by atoms with Crippen molar-refractivity contribution < 1.29 is 18.3 Å². The number of rotatable bonds is 8. The van der Waals surface area contributed by atoms with Crippen molar-refractivity contribution in [3.63, 3.8) is 0 Å². The lowest BCUT2D eigenvalue weighted by atomic mass is 10.3.